The van der Waals surface area contributed by atoms with Gasteiger partial charge in [0.15, 0.2) is 5.17 Å². The number of thioether (sulfide) groups is 1. The SMILES string of the molecule is Cc1cc(C)cc(CN=C2NC(=O)/C(=C/c3ccc(-c4ccc([N+](=O)[O-])cc4C)o3)S2)c1. The molecule has 0 bridgehead atoms. The van der Waals surface area contributed by atoms with Gasteiger partial charge in [0.2, 0.25) is 0 Å². The number of carbonyl (C=O) groups is 1. The Balaban J connectivity index is 1.49. The first-order valence-electron chi connectivity index (χ1n) is 9.96. The van der Waals surface area contributed by atoms with Crippen LogP contribution in [0.1, 0.15) is 28.0 Å². The zero-order chi connectivity index (χ0) is 22.8. The molecule has 32 heavy (non-hydrogen) atoms. The first-order chi connectivity index (χ1) is 15.3. The van der Waals surface area contributed by atoms with Crippen molar-refractivity contribution in [1.82, 2.24) is 5.32 Å². The van der Waals surface area contributed by atoms with Gasteiger partial charge in [0.1, 0.15) is 11.5 Å². The molecule has 0 atom stereocenters. The summed E-state index contributed by atoms with van der Waals surface area (Å²) in [6.45, 7) is 6.38. The summed E-state index contributed by atoms with van der Waals surface area (Å²) in [5.74, 6) is 0.876. The second-order valence-electron chi connectivity index (χ2n) is 7.64. The molecule has 1 amide bonds. The van der Waals surface area contributed by atoms with Crippen LogP contribution in [0.4, 0.5) is 5.69 Å². The van der Waals surface area contributed by atoms with Gasteiger partial charge < -0.3 is 9.73 Å². The summed E-state index contributed by atoms with van der Waals surface area (Å²) in [6.07, 6.45) is 1.67. The summed E-state index contributed by atoms with van der Waals surface area (Å²) in [7, 11) is 0. The van der Waals surface area contributed by atoms with Crippen molar-refractivity contribution in [3.63, 3.8) is 0 Å². The van der Waals surface area contributed by atoms with Gasteiger partial charge >= 0.3 is 0 Å². The quantitative estimate of drug-likeness (QED) is 0.315. The minimum absolute atomic E-state index is 0.0341. The molecule has 0 unspecified atom stereocenters. The molecule has 1 saturated heterocycles. The van der Waals surface area contributed by atoms with Crippen LogP contribution in [0.15, 0.2) is 62.8 Å². The number of amides is 1. The maximum atomic E-state index is 12.4. The van der Waals surface area contributed by atoms with E-state index in [0.717, 1.165) is 16.7 Å². The van der Waals surface area contributed by atoms with Crippen LogP contribution in [0.3, 0.4) is 0 Å². The number of nitrogens with zero attached hydrogens (tertiary/aromatic N) is 2. The Bertz CT molecular complexity index is 1270. The van der Waals surface area contributed by atoms with E-state index in [0.29, 0.717) is 28.1 Å². The average Bonchev–Trinajstić information content (AvgIpc) is 3.32. The summed E-state index contributed by atoms with van der Waals surface area (Å²) in [5, 5.41) is 14.3. The lowest BCUT2D eigenvalue weighted by atomic mass is 10.1. The Kier molecular flexibility index (Phi) is 5.96. The molecule has 4 rings (SSSR count). The van der Waals surface area contributed by atoms with Crippen LogP contribution in [0.2, 0.25) is 0 Å². The lowest BCUT2D eigenvalue weighted by Gasteiger charge is -2.02. The Morgan fingerprint density at radius 1 is 1.09 bits per heavy atom. The fraction of sp³-hybridized carbons (Fsp3) is 0.167. The smallest absolute Gasteiger partial charge is 0.269 e. The number of hydrogen-bond acceptors (Lipinski definition) is 6. The van der Waals surface area contributed by atoms with Gasteiger partial charge in [-0.2, -0.15) is 0 Å². The lowest BCUT2D eigenvalue weighted by molar-refractivity contribution is -0.384. The number of carbonyl (C=O) groups excluding carboxylic acids is 1. The van der Waals surface area contributed by atoms with Crippen LogP contribution < -0.4 is 5.32 Å². The van der Waals surface area contributed by atoms with Gasteiger partial charge in [-0.1, -0.05) is 29.3 Å². The van der Waals surface area contributed by atoms with E-state index in [1.807, 2.05) is 13.8 Å². The Morgan fingerprint density at radius 2 is 1.84 bits per heavy atom. The number of nitrogens with one attached hydrogen (secondary N) is 1. The number of amidine groups is 1. The fourth-order valence-corrected chi connectivity index (χ4v) is 4.37. The van der Waals surface area contributed by atoms with E-state index in [1.165, 1.54) is 35.0 Å². The first-order valence-corrected chi connectivity index (χ1v) is 10.8. The fourth-order valence-electron chi connectivity index (χ4n) is 3.57. The molecule has 1 fully saturated rings. The predicted octanol–water partition coefficient (Wildman–Crippen LogP) is 5.54. The third-order valence-electron chi connectivity index (χ3n) is 4.92. The van der Waals surface area contributed by atoms with E-state index < -0.39 is 4.92 Å². The largest absolute Gasteiger partial charge is 0.457 e. The number of rotatable bonds is 5. The molecule has 1 N–H and O–H groups in total. The molecule has 162 valence electrons. The normalized spacial score (nSPS) is 16.0. The number of nitro groups is 1. The molecular weight excluding hydrogens is 426 g/mol. The second kappa shape index (κ2) is 8.84. The standard InChI is InChI=1S/C24H21N3O4S/c1-14-8-15(2)10-17(9-14)13-25-24-26-23(28)22(32-24)12-19-5-7-21(31-19)20-6-4-18(27(29)30)11-16(20)3/h4-12H,13H2,1-3H3,(H,25,26,28)/b22-12-. The third-order valence-corrected chi connectivity index (χ3v) is 5.87. The summed E-state index contributed by atoms with van der Waals surface area (Å²) >= 11 is 1.27. The maximum Gasteiger partial charge on any atom is 0.269 e. The first kappa shape index (κ1) is 21.6. The van der Waals surface area contributed by atoms with Crippen molar-refractivity contribution < 1.29 is 14.1 Å². The Morgan fingerprint density at radius 3 is 2.53 bits per heavy atom. The molecule has 1 aliphatic heterocycles. The molecule has 7 nitrogen and oxygen atoms in total. The summed E-state index contributed by atoms with van der Waals surface area (Å²) in [5.41, 5.74) is 4.99. The van der Waals surface area contributed by atoms with E-state index in [-0.39, 0.29) is 11.6 Å². The number of benzene rings is 2. The molecule has 0 aliphatic carbocycles. The number of furan rings is 1. The molecule has 8 heteroatoms. The van der Waals surface area contributed by atoms with Crippen molar-refractivity contribution >= 4 is 34.6 Å². The van der Waals surface area contributed by atoms with E-state index in [2.05, 4.69) is 28.5 Å². The maximum absolute atomic E-state index is 12.4. The van der Waals surface area contributed by atoms with Gasteiger partial charge in [0, 0.05) is 23.8 Å². The van der Waals surface area contributed by atoms with Crippen LogP contribution in [-0.2, 0) is 11.3 Å². The summed E-state index contributed by atoms with van der Waals surface area (Å²) < 4.78 is 5.87. The molecule has 0 spiro atoms. The minimum atomic E-state index is -0.427. The predicted molar refractivity (Wildman–Crippen MR) is 126 cm³/mol. The van der Waals surface area contributed by atoms with Crippen LogP contribution in [0.5, 0.6) is 0 Å². The topological polar surface area (TPSA) is 97.7 Å². The summed E-state index contributed by atoms with van der Waals surface area (Å²) in [4.78, 5) is 27.9. The van der Waals surface area contributed by atoms with Gasteiger partial charge in [0.05, 0.1) is 16.4 Å². The van der Waals surface area contributed by atoms with Crippen molar-refractivity contribution in [2.75, 3.05) is 0 Å². The Labute approximate surface area is 189 Å². The number of non-ortho nitro benzene ring substituents is 1. The van der Waals surface area contributed by atoms with Crippen molar-refractivity contribution in [3.05, 3.63) is 91.6 Å². The molecule has 0 saturated carbocycles. The lowest BCUT2D eigenvalue weighted by Crippen LogP contribution is -2.19. The minimum Gasteiger partial charge on any atom is -0.457 e. The molecule has 0 radical (unpaired) electrons. The van der Waals surface area contributed by atoms with Crippen molar-refractivity contribution in [3.8, 4) is 11.3 Å². The van der Waals surface area contributed by atoms with E-state index >= 15 is 0 Å². The zero-order valence-corrected chi connectivity index (χ0v) is 18.7. The highest BCUT2D eigenvalue weighted by molar-refractivity contribution is 8.18. The zero-order valence-electron chi connectivity index (χ0n) is 17.8. The third kappa shape index (κ3) is 4.81. The van der Waals surface area contributed by atoms with Gasteiger partial charge in [-0.25, -0.2) is 0 Å². The van der Waals surface area contributed by atoms with Crippen molar-refractivity contribution in [2.45, 2.75) is 27.3 Å². The van der Waals surface area contributed by atoms with Crippen LogP contribution in [0.25, 0.3) is 17.4 Å². The van der Waals surface area contributed by atoms with Crippen LogP contribution in [0, 0.1) is 30.9 Å². The summed E-state index contributed by atoms with van der Waals surface area (Å²) in [6, 6.07) is 14.4. The molecule has 1 aliphatic rings. The molecule has 3 aromatic rings. The molecule has 2 aromatic carbocycles. The molecular formula is C24H21N3O4S. The van der Waals surface area contributed by atoms with E-state index in [9.17, 15) is 14.9 Å². The van der Waals surface area contributed by atoms with E-state index in [1.54, 1.807) is 31.2 Å². The highest BCUT2D eigenvalue weighted by Crippen LogP contribution is 2.31. The van der Waals surface area contributed by atoms with Crippen LogP contribution >= 0.6 is 11.8 Å². The number of nitro benzene ring substituents is 1. The highest BCUT2D eigenvalue weighted by atomic mass is 32.2. The molecule has 1 aromatic heterocycles. The van der Waals surface area contributed by atoms with Gasteiger partial charge in [0.25, 0.3) is 11.6 Å². The number of aryl methyl sites for hydroxylation is 3. The Hall–Kier alpha value is -3.65. The van der Waals surface area contributed by atoms with E-state index in [4.69, 9.17) is 4.42 Å². The van der Waals surface area contributed by atoms with Gasteiger partial charge in [-0.3, -0.25) is 19.9 Å². The van der Waals surface area contributed by atoms with Gasteiger partial charge in [-0.15, -0.1) is 0 Å². The van der Waals surface area contributed by atoms with Crippen molar-refractivity contribution in [2.24, 2.45) is 4.99 Å². The highest BCUT2D eigenvalue weighted by Gasteiger charge is 2.24. The average molecular weight is 448 g/mol. The van der Waals surface area contributed by atoms with Crippen LogP contribution in [-0.4, -0.2) is 16.0 Å². The van der Waals surface area contributed by atoms with Crippen molar-refractivity contribution in [1.29, 1.82) is 0 Å². The van der Waals surface area contributed by atoms with Gasteiger partial charge in [-0.05, 0) is 61.9 Å². The second-order valence-corrected chi connectivity index (χ2v) is 8.67. The monoisotopic (exact) mass is 447 g/mol. The molecule has 2 heterocycles. The number of hydrogen-bond donors (Lipinski definition) is 1. The number of aliphatic imine (C=N–C) groups is 1.